The number of benzene rings is 3. The molecule has 1 fully saturated rings. The van der Waals surface area contributed by atoms with E-state index in [1.807, 2.05) is 69.4 Å². The van der Waals surface area contributed by atoms with Crippen LogP contribution in [0.4, 0.5) is 0 Å². The van der Waals surface area contributed by atoms with Crippen molar-refractivity contribution in [3.8, 4) is 17.1 Å². The van der Waals surface area contributed by atoms with Crippen molar-refractivity contribution in [2.45, 2.75) is 30.2 Å². The van der Waals surface area contributed by atoms with Gasteiger partial charge in [-0.25, -0.2) is 4.98 Å². The van der Waals surface area contributed by atoms with Crippen molar-refractivity contribution in [3.05, 3.63) is 111 Å². The summed E-state index contributed by atoms with van der Waals surface area (Å²) in [6.45, 7) is 1.54. The number of likely N-dealkylation sites (tertiary alicyclic amines) is 1. The topological polar surface area (TPSA) is 63.9 Å². The molecule has 1 amide bonds. The van der Waals surface area contributed by atoms with Crippen LogP contribution < -0.4 is 0 Å². The first kappa shape index (κ1) is 28.0. The lowest BCUT2D eigenvalue weighted by molar-refractivity contribution is 0.0685. The third kappa shape index (κ3) is 6.51. The van der Waals surface area contributed by atoms with E-state index in [4.69, 9.17) is 23.2 Å². The highest BCUT2D eigenvalue weighted by molar-refractivity contribution is 7.98. The second kappa shape index (κ2) is 12.8. The molecule has 208 valence electrons. The molecule has 0 bridgehead atoms. The molecule has 0 atom stereocenters. The van der Waals surface area contributed by atoms with Crippen LogP contribution in [0.5, 0.6) is 0 Å². The molecule has 1 saturated heterocycles. The van der Waals surface area contributed by atoms with Crippen LogP contribution in [0.25, 0.3) is 17.1 Å². The predicted octanol–water partition coefficient (Wildman–Crippen LogP) is 8.08. The third-order valence-electron chi connectivity index (χ3n) is 7.18. The van der Waals surface area contributed by atoms with E-state index in [-0.39, 0.29) is 5.91 Å². The van der Waals surface area contributed by atoms with E-state index >= 15 is 0 Å². The Morgan fingerprint density at radius 1 is 0.951 bits per heavy atom. The fourth-order valence-corrected chi connectivity index (χ4v) is 7.22. The highest BCUT2D eigenvalue weighted by Gasteiger charge is 2.26. The van der Waals surface area contributed by atoms with Gasteiger partial charge in [-0.2, -0.15) is 0 Å². The number of nitrogens with zero attached hydrogens (tertiary/aromatic N) is 5. The minimum absolute atomic E-state index is 0.0127. The number of carbonyl (C=O) groups is 1. The molecule has 1 aliphatic rings. The smallest absolute Gasteiger partial charge is 0.273 e. The van der Waals surface area contributed by atoms with Crippen LogP contribution in [-0.4, -0.2) is 43.6 Å². The first-order valence-corrected chi connectivity index (χ1v) is 16.0. The summed E-state index contributed by atoms with van der Waals surface area (Å²) < 4.78 is 1.96. The number of hydrogen-bond acceptors (Lipinski definition) is 6. The van der Waals surface area contributed by atoms with E-state index in [9.17, 15) is 4.79 Å². The molecule has 0 aliphatic carbocycles. The van der Waals surface area contributed by atoms with Crippen LogP contribution in [-0.2, 0) is 12.2 Å². The zero-order valence-corrected chi connectivity index (χ0v) is 25.3. The Morgan fingerprint density at radius 3 is 2.51 bits per heavy atom. The molecule has 0 saturated carbocycles. The lowest BCUT2D eigenvalue weighted by atomic mass is 9.90. The number of carbonyl (C=O) groups excluding carboxylic acids is 1. The van der Waals surface area contributed by atoms with Crippen molar-refractivity contribution in [3.63, 3.8) is 0 Å². The number of thiazole rings is 1. The SMILES string of the molecule is O=C(c1csc(CSc2nnc(-c3ccccc3Cl)n2-c2cccc(Cl)c2)n1)N1CCC(Cc2ccccc2)CC1. The van der Waals surface area contributed by atoms with Gasteiger partial charge in [-0.3, -0.25) is 9.36 Å². The summed E-state index contributed by atoms with van der Waals surface area (Å²) >= 11 is 15.8. The predicted molar refractivity (Wildman–Crippen MR) is 167 cm³/mol. The van der Waals surface area contributed by atoms with Crippen molar-refractivity contribution in [1.82, 2.24) is 24.6 Å². The average molecular weight is 621 g/mol. The molecule has 5 aromatic rings. The Kier molecular flexibility index (Phi) is 8.72. The molecule has 0 N–H and O–H groups in total. The van der Waals surface area contributed by atoms with Gasteiger partial charge in [0.1, 0.15) is 10.7 Å². The van der Waals surface area contributed by atoms with Crippen LogP contribution >= 0.6 is 46.3 Å². The fourth-order valence-electron chi connectivity index (χ4n) is 5.08. The van der Waals surface area contributed by atoms with Gasteiger partial charge in [0.2, 0.25) is 0 Å². The van der Waals surface area contributed by atoms with E-state index in [2.05, 4.69) is 39.4 Å². The molecule has 0 spiro atoms. The number of thioether (sulfide) groups is 1. The van der Waals surface area contributed by atoms with Crippen LogP contribution in [0.1, 0.15) is 33.9 Å². The quantitative estimate of drug-likeness (QED) is 0.164. The second-order valence-corrected chi connectivity index (χ2v) is 12.7. The van der Waals surface area contributed by atoms with E-state index < -0.39 is 0 Å². The van der Waals surface area contributed by atoms with Crippen LogP contribution in [0.2, 0.25) is 10.0 Å². The molecule has 10 heteroatoms. The molecule has 3 aromatic carbocycles. The maximum Gasteiger partial charge on any atom is 0.273 e. The molecular formula is C31H27Cl2N5OS2. The number of amides is 1. The molecule has 0 unspecified atom stereocenters. The summed E-state index contributed by atoms with van der Waals surface area (Å²) in [7, 11) is 0. The molecule has 41 heavy (non-hydrogen) atoms. The van der Waals surface area contributed by atoms with Gasteiger partial charge in [-0.05, 0) is 61.1 Å². The van der Waals surface area contributed by atoms with E-state index in [1.54, 1.807) is 0 Å². The highest BCUT2D eigenvalue weighted by atomic mass is 35.5. The van der Waals surface area contributed by atoms with Gasteiger partial charge in [-0.15, -0.1) is 21.5 Å². The number of hydrogen-bond donors (Lipinski definition) is 0. The van der Waals surface area contributed by atoms with Gasteiger partial charge in [0.15, 0.2) is 11.0 Å². The first-order chi connectivity index (χ1) is 20.0. The third-order valence-corrected chi connectivity index (χ3v) is 9.72. The number of rotatable bonds is 8. The number of aromatic nitrogens is 4. The van der Waals surface area contributed by atoms with Crippen LogP contribution in [0, 0.1) is 5.92 Å². The molecule has 2 aromatic heterocycles. The number of piperidine rings is 1. The van der Waals surface area contributed by atoms with Crippen molar-refractivity contribution in [2.24, 2.45) is 5.92 Å². The summed E-state index contributed by atoms with van der Waals surface area (Å²) in [6.07, 6.45) is 3.10. The average Bonchev–Trinajstić information content (AvgIpc) is 3.64. The minimum Gasteiger partial charge on any atom is -0.337 e. The maximum absolute atomic E-state index is 13.2. The molecule has 3 heterocycles. The van der Waals surface area contributed by atoms with Gasteiger partial charge in [0.25, 0.3) is 5.91 Å². The van der Waals surface area contributed by atoms with E-state index in [0.717, 1.165) is 48.6 Å². The maximum atomic E-state index is 13.2. The van der Waals surface area contributed by atoms with Crippen molar-refractivity contribution in [2.75, 3.05) is 13.1 Å². The first-order valence-electron chi connectivity index (χ1n) is 13.4. The number of halogens is 2. The normalized spacial score (nSPS) is 14.0. The largest absolute Gasteiger partial charge is 0.337 e. The Balaban J connectivity index is 1.13. The van der Waals surface area contributed by atoms with Gasteiger partial charge in [0.05, 0.1) is 16.5 Å². The van der Waals surface area contributed by atoms with Crippen molar-refractivity contribution < 1.29 is 4.79 Å². The standard InChI is InChI=1S/C31H27Cl2N5OS2/c32-23-9-6-10-24(18-23)38-29(25-11-4-5-12-26(25)33)35-36-31(38)41-20-28-34-27(19-40-28)30(39)37-15-13-22(14-16-37)17-21-7-2-1-3-8-21/h1-12,18-19,22H,13-17,20H2. The summed E-state index contributed by atoms with van der Waals surface area (Å²) in [4.78, 5) is 19.9. The summed E-state index contributed by atoms with van der Waals surface area (Å²) in [6, 6.07) is 25.7. The highest BCUT2D eigenvalue weighted by Crippen LogP contribution is 2.34. The molecule has 6 rings (SSSR count). The molecular weight excluding hydrogens is 593 g/mol. The van der Waals surface area contributed by atoms with Crippen LogP contribution in [0.3, 0.4) is 0 Å². The summed E-state index contributed by atoms with van der Waals surface area (Å²) in [5, 5.41) is 13.6. The molecule has 1 aliphatic heterocycles. The van der Waals surface area contributed by atoms with Gasteiger partial charge in [-0.1, -0.05) is 83.5 Å². The van der Waals surface area contributed by atoms with E-state index in [0.29, 0.717) is 38.4 Å². The lowest BCUT2D eigenvalue weighted by Crippen LogP contribution is -2.39. The Bertz CT molecular complexity index is 1650. The molecule has 0 radical (unpaired) electrons. The zero-order valence-electron chi connectivity index (χ0n) is 22.1. The van der Waals surface area contributed by atoms with Gasteiger partial charge >= 0.3 is 0 Å². The van der Waals surface area contributed by atoms with Gasteiger partial charge < -0.3 is 4.90 Å². The fraction of sp³-hybridized carbons (Fsp3) is 0.226. The van der Waals surface area contributed by atoms with Crippen LogP contribution in [0.15, 0.2) is 89.4 Å². The monoisotopic (exact) mass is 619 g/mol. The Morgan fingerprint density at radius 2 is 1.73 bits per heavy atom. The van der Waals surface area contributed by atoms with E-state index in [1.165, 1.54) is 28.7 Å². The second-order valence-electron chi connectivity index (χ2n) is 9.94. The molecule has 6 nitrogen and oxygen atoms in total. The summed E-state index contributed by atoms with van der Waals surface area (Å²) in [5.41, 5.74) is 3.50. The lowest BCUT2D eigenvalue weighted by Gasteiger charge is -2.31. The zero-order chi connectivity index (χ0) is 28.2. The Labute approximate surface area is 257 Å². The van der Waals surface area contributed by atoms with Gasteiger partial charge in [0, 0.05) is 29.1 Å². The van der Waals surface area contributed by atoms with Crippen molar-refractivity contribution >= 4 is 52.2 Å². The van der Waals surface area contributed by atoms with Crippen molar-refractivity contribution in [1.29, 1.82) is 0 Å². The summed E-state index contributed by atoms with van der Waals surface area (Å²) in [5.74, 6) is 1.80. The minimum atomic E-state index is 0.0127. The Hall–Kier alpha value is -3.17.